The van der Waals surface area contributed by atoms with Gasteiger partial charge in [-0.3, -0.25) is 14.9 Å². The first-order chi connectivity index (χ1) is 12.3. The van der Waals surface area contributed by atoms with Gasteiger partial charge >= 0.3 is 5.97 Å². The Labute approximate surface area is 149 Å². The lowest BCUT2D eigenvalue weighted by atomic mass is 10.1. The highest BCUT2D eigenvalue weighted by Gasteiger charge is 2.20. The molecule has 0 atom stereocenters. The SMILES string of the molecule is COC(=O)c1cccc(NC(=O)c2ccc(N(C)C)c([N+](=O)[O-])c2)c1O. The zero-order chi connectivity index (χ0) is 19.4. The maximum Gasteiger partial charge on any atom is 0.341 e. The molecule has 9 heteroatoms. The van der Waals surface area contributed by atoms with Crippen molar-refractivity contribution in [2.75, 3.05) is 31.4 Å². The Hall–Kier alpha value is -3.62. The summed E-state index contributed by atoms with van der Waals surface area (Å²) in [6, 6.07) is 8.22. The monoisotopic (exact) mass is 359 g/mol. The standard InChI is InChI=1S/C17H17N3O6/c1-19(2)13-8-7-10(9-14(13)20(24)25)16(22)18-12-6-4-5-11(15(12)21)17(23)26-3/h4-9,21H,1-3H3,(H,18,22). The first-order valence-electron chi connectivity index (χ1n) is 7.43. The minimum atomic E-state index is -0.760. The number of phenols is 1. The molecule has 0 aliphatic rings. The summed E-state index contributed by atoms with van der Waals surface area (Å²) in [4.78, 5) is 36.2. The van der Waals surface area contributed by atoms with Crippen molar-refractivity contribution in [3.05, 3.63) is 57.6 Å². The highest BCUT2D eigenvalue weighted by Crippen LogP contribution is 2.30. The van der Waals surface area contributed by atoms with Crippen LogP contribution < -0.4 is 10.2 Å². The molecular weight excluding hydrogens is 342 g/mol. The van der Waals surface area contributed by atoms with Crippen LogP contribution in [0.25, 0.3) is 0 Å². The van der Waals surface area contributed by atoms with E-state index < -0.39 is 22.5 Å². The predicted octanol–water partition coefficient (Wildman–Crippen LogP) is 2.41. The fourth-order valence-corrected chi connectivity index (χ4v) is 2.30. The fourth-order valence-electron chi connectivity index (χ4n) is 2.30. The summed E-state index contributed by atoms with van der Waals surface area (Å²) >= 11 is 0. The molecule has 0 aliphatic carbocycles. The summed E-state index contributed by atoms with van der Waals surface area (Å²) in [7, 11) is 4.47. The van der Waals surface area contributed by atoms with Crippen molar-refractivity contribution in [1.29, 1.82) is 0 Å². The van der Waals surface area contributed by atoms with Gasteiger partial charge in [-0.25, -0.2) is 4.79 Å². The van der Waals surface area contributed by atoms with E-state index in [1.54, 1.807) is 19.0 Å². The van der Waals surface area contributed by atoms with Gasteiger partial charge < -0.3 is 20.1 Å². The molecule has 0 saturated carbocycles. The first-order valence-corrected chi connectivity index (χ1v) is 7.43. The quantitative estimate of drug-likeness (QED) is 0.364. The van der Waals surface area contributed by atoms with Gasteiger partial charge in [-0.1, -0.05) is 6.07 Å². The number of nitro groups is 1. The molecule has 0 saturated heterocycles. The summed E-state index contributed by atoms with van der Waals surface area (Å²) in [6.45, 7) is 0. The highest BCUT2D eigenvalue weighted by molar-refractivity contribution is 6.07. The molecule has 2 aromatic rings. The van der Waals surface area contributed by atoms with Gasteiger partial charge in [0.25, 0.3) is 11.6 Å². The van der Waals surface area contributed by atoms with Crippen LogP contribution in [0.15, 0.2) is 36.4 Å². The minimum absolute atomic E-state index is 0.0164. The number of esters is 1. The summed E-state index contributed by atoms with van der Waals surface area (Å²) in [5.41, 5.74) is 0.0268. The number of hydrogen-bond acceptors (Lipinski definition) is 7. The zero-order valence-electron chi connectivity index (χ0n) is 14.3. The number of nitrogens with zero attached hydrogens (tertiary/aromatic N) is 2. The molecule has 0 spiro atoms. The number of methoxy groups -OCH3 is 1. The van der Waals surface area contributed by atoms with Crippen LogP contribution in [0, 0.1) is 10.1 Å². The second-order valence-electron chi connectivity index (χ2n) is 5.50. The number of hydrogen-bond donors (Lipinski definition) is 2. The number of nitrogens with one attached hydrogen (secondary N) is 1. The Morgan fingerprint density at radius 1 is 1.23 bits per heavy atom. The molecule has 136 valence electrons. The second-order valence-corrected chi connectivity index (χ2v) is 5.50. The topological polar surface area (TPSA) is 122 Å². The molecule has 0 bridgehead atoms. The van der Waals surface area contributed by atoms with Crippen LogP contribution in [0.1, 0.15) is 20.7 Å². The molecule has 0 aliphatic heterocycles. The summed E-state index contributed by atoms with van der Waals surface area (Å²) in [6.07, 6.45) is 0. The smallest absolute Gasteiger partial charge is 0.341 e. The van der Waals surface area contributed by atoms with E-state index in [1.165, 1.54) is 37.4 Å². The minimum Gasteiger partial charge on any atom is -0.505 e. The molecule has 9 nitrogen and oxygen atoms in total. The molecular formula is C17H17N3O6. The van der Waals surface area contributed by atoms with E-state index in [-0.39, 0.29) is 22.5 Å². The number of rotatable bonds is 5. The molecule has 0 fully saturated rings. The lowest BCUT2D eigenvalue weighted by Crippen LogP contribution is -2.15. The number of aromatic hydroxyl groups is 1. The van der Waals surface area contributed by atoms with E-state index >= 15 is 0 Å². The molecule has 0 aromatic heterocycles. The Kier molecular flexibility index (Phi) is 5.41. The van der Waals surface area contributed by atoms with Crippen molar-refractivity contribution in [1.82, 2.24) is 0 Å². The van der Waals surface area contributed by atoms with E-state index in [2.05, 4.69) is 10.1 Å². The number of ether oxygens (including phenoxy) is 1. The second kappa shape index (κ2) is 7.51. The Morgan fingerprint density at radius 3 is 2.50 bits per heavy atom. The Bertz CT molecular complexity index is 879. The van der Waals surface area contributed by atoms with Crippen molar-refractivity contribution >= 4 is 28.9 Å². The van der Waals surface area contributed by atoms with E-state index in [9.17, 15) is 24.8 Å². The van der Waals surface area contributed by atoms with E-state index in [1.807, 2.05) is 0 Å². The van der Waals surface area contributed by atoms with Crippen molar-refractivity contribution in [2.45, 2.75) is 0 Å². The number of phenolic OH excluding ortho intramolecular Hbond substituents is 1. The third-order valence-electron chi connectivity index (χ3n) is 3.61. The van der Waals surface area contributed by atoms with Crippen molar-refractivity contribution in [3.8, 4) is 5.75 Å². The zero-order valence-corrected chi connectivity index (χ0v) is 14.3. The van der Waals surface area contributed by atoms with Crippen LogP contribution in [0.3, 0.4) is 0 Å². The molecule has 26 heavy (non-hydrogen) atoms. The molecule has 0 radical (unpaired) electrons. The normalized spacial score (nSPS) is 10.1. The van der Waals surface area contributed by atoms with Gasteiger partial charge in [0.1, 0.15) is 11.3 Å². The van der Waals surface area contributed by atoms with Gasteiger partial charge in [-0.2, -0.15) is 0 Å². The highest BCUT2D eigenvalue weighted by atomic mass is 16.6. The van der Waals surface area contributed by atoms with Crippen LogP contribution in [-0.2, 0) is 4.74 Å². The van der Waals surface area contributed by atoms with Gasteiger partial charge in [-0.05, 0) is 24.3 Å². The third kappa shape index (κ3) is 3.72. The number of nitro benzene ring substituents is 1. The molecule has 0 heterocycles. The fraction of sp³-hybridized carbons (Fsp3) is 0.176. The van der Waals surface area contributed by atoms with Crippen molar-refractivity contribution in [3.63, 3.8) is 0 Å². The van der Waals surface area contributed by atoms with Gasteiger partial charge in [0.15, 0.2) is 5.75 Å². The lowest BCUT2D eigenvalue weighted by Gasteiger charge is -2.14. The number of benzene rings is 2. The van der Waals surface area contributed by atoms with E-state index in [0.717, 1.165) is 6.07 Å². The molecule has 1 amide bonds. The van der Waals surface area contributed by atoms with Gasteiger partial charge in [-0.15, -0.1) is 0 Å². The summed E-state index contributed by atoms with van der Waals surface area (Å²) in [5.74, 6) is -1.88. The molecule has 2 rings (SSSR count). The molecule has 2 N–H and O–H groups in total. The van der Waals surface area contributed by atoms with Crippen LogP contribution >= 0.6 is 0 Å². The number of carbonyl (C=O) groups excluding carboxylic acids is 2. The predicted molar refractivity (Wildman–Crippen MR) is 94.8 cm³/mol. The van der Waals surface area contributed by atoms with Crippen molar-refractivity contribution < 1.29 is 24.4 Å². The van der Waals surface area contributed by atoms with E-state index in [0.29, 0.717) is 5.69 Å². The Morgan fingerprint density at radius 2 is 1.92 bits per heavy atom. The van der Waals surface area contributed by atoms with Crippen LogP contribution in [0.2, 0.25) is 0 Å². The van der Waals surface area contributed by atoms with Gasteiger partial charge in [0, 0.05) is 25.7 Å². The average molecular weight is 359 g/mol. The van der Waals surface area contributed by atoms with Gasteiger partial charge in [0.05, 0.1) is 17.7 Å². The maximum absolute atomic E-state index is 12.4. The van der Waals surface area contributed by atoms with Crippen molar-refractivity contribution in [2.24, 2.45) is 0 Å². The Balaban J connectivity index is 2.35. The van der Waals surface area contributed by atoms with Gasteiger partial charge in [0.2, 0.25) is 0 Å². The maximum atomic E-state index is 12.4. The van der Waals surface area contributed by atoms with Crippen LogP contribution in [-0.4, -0.2) is 43.1 Å². The number of amides is 1. The third-order valence-corrected chi connectivity index (χ3v) is 3.61. The van der Waals surface area contributed by atoms with Crippen LogP contribution in [0.5, 0.6) is 5.75 Å². The average Bonchev–Trinajstić information content (AvgIpc) is 2.62. The first kappa shape index (κ1) is 18.7. The van der Waals surface area contributed by atoms with E-state index in [4.69, 9.17) is 0 Å². The summed E-state index contributed by atoms with van der Waals surface area (Å²) in [5, 5.41) is 23.8. The van der Waals surface area contributed by atoms with Crippen LogP contribution in [0.4, 0.5) is 17.1 Å². The molecule has 2 aromatic carbocycles. The largest absolute Gasteiger partial charge is 0.505 e. The number of carbonyl (C=O) groups is 2. The lowest BCUT2D eigenvalue weighted by molar-refractivity contribution is -0.384. The summed E-state index contributed by atoms with van der Waals surface area (Å²) < 4.78 is 4.55. The molecule has 0 unspecified atom stereocenters. The number of para-hydroxylation sites is 1. The number of anilines is 2.